The first-order valence-corrected chi connectivity index (χ1v) is 8.48. The van der Waals surface area contributed by atoms with Crippen molar-refractivity contribution in [3.05, 3.63) is 71.4 Å². The fraction of sp³-hybridized carbons (Fsp3) is 0.105. The van der Waals surface area contributed by atoms with Crippen molar-refractivity contribution in [2.45, 2.75) is 6.54 Å². The van der Waals surface area contributed by atoms with E-state index in [0.29, 0.717) is 23.4 Å². The van der Waals surface area contributed by atoms with Crippen LogP contribution in [0.15, 0.2) is 65.3 Å². The van der Waals surface area contributed by atoms with E-state index in [1.807, 2.05) is 55.7 Å². The van der Waals surface area contributed by atoms with E-state index in [-0.39, 0.29) is 0 Å². The average molecular weight is 366 g/mol. The summed E-state index contributed by atoms with van der Waals surface area (Å²) in [6, 6.07) is 17.7. The molecule has 7 heteroatoms. The van der Waals surface area contributed by atoms with Crippen molar-refractivity contribution < 1.29 is 4.52 Å². The van der Waals surface area contributed by atoms with Crippen LogP contribution in [-0.2, 0) is 13.6 Å². The lowest BCUT2D eigenvalue weighted by atomic mass is 10.1. The van der Waals surface area contributed by atoms with E-state index in [1.165, 1.54) is 0 Å². The number of aromatic nitrogens is 4. The fourth-order valence-corrected chi connectivity index (χ4v) is 2.91. The molecule has 0 radical (unpaired) electrons. The van der Waals surface area contributed by atoms with Crippen molar-refractivity contribution in [2.75, 3.05) is 5.32 Å². The van der Waals surface area contributed by atoms with Gasteiger partial charge in [-0.25, -0.2) is 0 Å². The Labute approximate surface area is 155 Å². The summed E-state index contributed by atoms with van der Waals surface area (Å²) in [6.45, 7) is 0.523. The van der Waals surface area contributed by atoms with Gasteiger partial charge in [0, 0.05) is 41.5 Å². The van der Waals surface area contributed by atoms with E-state index in [0.717, 1.165) is 22.4 Å². The van der Waals surface area contributed by atoms with Crippen LogP contribution in [0.4, 0.5) is 6.01 Å². The van der Waals surface area contributed by atoms with E-state index in [1.54, 1.807) is 16.8 Å². The topological polar surface area (TPSA) is 68.8 Å². The fourth-order valence-electron chi connectivity index (χ4n) is 2.72. The molecule has 0 aliphatic carbocycles. The highest BCUT2D eigenvalue weighted by atomic mass is 35.5. The zero-order valence-electron chi connectivity index (χ0n) is 14.1. The number of aryl methyl sites for hydroxylation is 1. The van der Waals surface area contributed by atoms with Gasteiger partial charge in [0.1, 0.15) is 0 Å². The van der Waals surface area contributed by atoms with Crippen molar-refractivity contribution >= 4 is 17.6 Å². The van der Waals surface area contributed by atoms with E-state index >= 15 is 0 Å². The van der Waals surface area contributed by atoms with Gasteiger partial charge < -0.3 is 9.84 Å². The second-order valence-electron chi connectivity index (χ2n) is 5.83. The summed E-state index contributed by atoms with van der Waals surface area (Å²) in [5, 5.41) is 12.3. The second kappa shape index (κ2) is 7.01. The van der Waals surface area contributed by atoms with E-state index in [4.69, 9.17) is 16.1 Å². The highest BCUT2D eigenvalue weighted by Gasteiger charge is 2.12. The first-order valence-electron chi connectivity index (χ1n) is 8.10. The van der Waals surface area contributed by atoms with E-state index in [2.05, 4.69) is 20.6 Å². The van der Waals surface area contributed by atoms with E-state index in [9.17, 15) is 0 Å². The molecule has 0 amide bonds. The molecule has 0 saturated carbocycles. The van der Waals surface area contributed by atoms with Crippen LogP contribution in [0, 0.1) is 0 Å². The van der Waals surface area contributed by atoms with Gasteiger partial charge >= 0.3 is 6.01 Å². The highest BCUT2D eigenvalue weighted by molar-refractivity contribution is 6.30. The zero-order valence-corrected chi connectivity index (χ0v) is 14.8. The zero-order chi connectivity index (χ0) is 17.9. The Morgan fingerprint density at radius 1 is 1.08 bits per heavy atom. The van der Waals surface area contributed by atoms with Crippen LogP contribution in [0.3, 0.4) is 0 Å². The van der Waals surface area contributed by atoms with Gasteiger partial charge in [0.2, 0.25) is 5.82 Å². The van der Waals surface area contributed by atoms with Crippen molar-refractivity contribution in [2.24, 2.45) is 7.05 Å². The Balaban J connectivity index is 1.52. The molecule has 0 spiro atoms. The third-order valence-electron chi connectivity index (χ3n) is 3.89. The number of nitrogens with zero attached hydrogens (tertiary/aromatic N) is 4. The minimum Gasteiger partial charge on any atom is -0.334 e. The summed E-state index contributed by atoms with van der Waals surface area (Å²) in [7, 11) is 1.90. The molecule has 0 aliphatic heterocycles. The van der Waals surface area contributed by atoms with Crippen LogP contribution in [0.5, 0.6) is 0 Å². The largest absolute Gasteiger partial charge is 0.334 e. The smallest absolute Gasteiger partial charge is 0.322 e. The molecule has 0 aliphatic rings. The third kappa shape index (κ3) is 3.45. The van der Waals surface area contributed by atoms with Crippen LogP contribution >= 0.6 is 11.6 Å². The predicted molar refractivity (Wildman–Crippen MR) is 101 cm³/mol. The van der Waals surface area contributed by atoms with Gasteiger partial charge in [0.05, 0.1) is 5.69 Å². The molecule has 2 aromatic heterocycles. The summed E-state index contributed by atoms with van der Waals surface area (Å²) in [4.78, 5) is 4.37. The van der Waals surface area contributed by atoms with Crippen molar-refractivity contribution in [3.63, 3.8) is 0 Å². The first kappa shape index (κ1) is 16.4. The van der Waals surface area contributed by atoms with E-state index < -0.39 is 0 Å². The lowest BCUT2D eigenvalue weighted by molar-refractivity contribution is 0.432. The summed E-state index contributed by atoms with van der Waals surface area (Å²) in [5.74, 6) is 0.490. The molecule has 6 nitrogen and oxygen atoms in total. The summed E-state index contributed by atoms with van der Waals surface area (Å²) in [6.07, 6.45) is 1.98. The number of benzene rings is 2. The SMILES string of the molecule is Cn1cc(CNc2nc(-c3cccc(Cl)c3)no2)c(-c2ccccc2)n1. The summed E-state index contributed by atoms with van der Waals surface area (Å²) < 4.78 is 7.09. The van der Waals surface area contributed by atoms with Crippen LogP contribution in [0.1, 0.15) is 5.56 Å². The second-order valence-corrected chi connectivity index (χ2v) is 6.27. The first-order chi connectivity index (χ1) is 12.7. The van der Waals surface area contributed by atoms with Crippen molar-refractivity contribution in [1.82, 2.24) is 19.9 Å². The molecule has 0 fully saturated rings. The minimum absolute atomic E-state index is 0.350. The molecule has 0 bridgehead atoms. The Hall–Kier alpha value is -3.12. The van der Waals surface area contributed by atoms with Crippen LogP contribution in [-0.4, -0.2) is 19.9 Å². The van der Waals surface area contributed by atoms with Gasteiger partial charge in [-0.2, -0.15) is 10.1 Å². The van der Waals surface area contributed by atoms with Crippen LogP contribution < -0.4 is 5.32 Å². The molecule has 0 saturated heterocycles. The van der Waals surface area contributed by atoms with Crippen molar-refractivity contribution in [1.29, 1.82) is 0 Å². The lowest BCUT2D eigenvalue weighted by Gasteiger charge is -2.02. The Kier molecular flexibility index (Phi) is 4.41. The molecule has 0 atom stereocenters. The van der Waals surface area contributed by atoms with Crippen LogP contribution in [0.2, 0.25) is 5.02 Å². The summed E-state index contributed by atoms with van der Waals surface area (Å²) in [5.41, 5.74) is 3.84. The average Bonchev–Trinajstić information content (AvgIpc) is 3.27. The standard InChI is InChI=1S/C19H16ClN5O/c1-25-12-15(17(23-25)13-6-3-2-4-7-13)11-21-19-22-18(24-26-19)14-8-5-9-16(20)10-14/h2-10,12H,11H2,1H3,(H,21,22,24). The molecule has 0 unspecified atom stereocenters. The highest BCUT2D eigenvalue weighted by Crippen LogP contribution is 2.24. The normalized spacial score (nSPS) is 10.8. The third-order valence-corrected chi connectivity index (χ3v) is 4.13. The maximum absolute atomic E-state index is 6.01. The van der Waals surface area contributed by atoms with Gasteiger partial charge in [0.25, 0.3) is 0 Å². The predicted octanol–water partition coefficient (Wildman–Crippen LogP) is 4.40. The van der Waals surface area contributed by atoms with Crippen molar-refractivity contribution in [3.8, 4) is 22.6 Å². The molecule has 26 heavy (non-hydrogen) atoms. The number of anilines is 1. The number of nitrogens with one attached hydrogen (secondary N) is 1. The molecule has 1 N–H and O–H groups in total. The molecular formula is C19H16ClN5O. The van der Waals surface area contributed by atoms with Gasteiger partial charge in [-0.15, -0.1) is 0 Å². The molecule has 2 aromatic carbocycles. The Morgan fingerprint density at radius 3 is 2.69 bits per heavy atom. The maximum Gasteiger partial charge on any atom is 0.322 e. The number of hydrogen-bond acceptors (Lipinski definition) is 5. The molecular weight excluding hydrogens is 350 g/mol. The molecule has 130 valence electrons. The quantitative estimate of drug-likeness (QED) is 0.567. The van der Waals surface area contributed by atoms with Gasteiger partial charge in [0.15, 0.2) is 0 Å². The Bertz CT molecular complexity index is 1030. The minimum atomic E-state index is 0.350. The maximum atomic E-state index is 6.01. The summed E-state index contributed by atoms with van der Waals surface area (Å²) >= 11 is 6.01. The molecule has 2 heterocycles. The van der Waals surface area contributed by atoms with Gasteiger partial charge in [-0.05, 0) is 12.1 Å². The van der Waals surface area contributed by atoms with Gasteiger partial charge in [-0.1, -0.05) is 59.2 Å². The molecule has 4 rings (SSSR count). The monoisotopic (exact) mass is 365 g/mol. The Morgan fingerprint density at radius 2 is 1.88 bits per heavy atom. The van der Waals surface area contributed by atoms with Gasteiger partial charge in [-0.3, -0.25) is 4.68 Å². The molecule has 4 aromatic rings. The number of hydrogen-bond donors (Lipinski definition) is 1. The number of halogens is 1. The van der Waals surface area contributed by atoms with Crippen LogP contribution in [0.25, 0.3) is 22.6 Å². The lowest BCUT2D eigenvalue weighted by Crippen LogP contribution is -2.00. The number of rotatable bonds is 5.